The molecule has 1 aliphatic rings. The summed E-state index contributed by atoms with van der Waals surface area (Å²) in [5.74, 6) is -1.76. The van der Waals surface area contributed by atoms with Crippen LogP contribution in [-0.4, -0.2) is 33.4 Å². The summed E-state index contributed by atoms with van der Waals surface area (Å²) in [4.78, 5) is 20.4. The molecule has 0 heterocycles. The molecule has 0 radical (unpaired) electrons. The summed E-state index contributed by atoms with van der Waals surface area (Å²) in [5, 5.41) is 24.8. The molecule has 5 heteroatoms. The Kier molecular flexibility index (Phi) is 14.9. The number of hydrogen-bond donors (Lipinski definition) is 3. The molecule has 2 aromatic carbocycles. The minimum atomic E-state index is -0.879. The molecule has 0 saturated heterocycles. The second kappa shape index (κ2) is 16.5. The molecule has 28 heavy (non-hydrogen) atoms. The van der Waals surface area contributed by atoms with Crippen molar-refractivity contribution in [1.82, 2.24) is 0 Å². The third-order valence-electron chi connectivity index (χ3n) is 3.54. The van der Waals surface area contributed by atoms with Crippen LogP contribution < -0.4 is 0 Å². The van der Waals surface area contributed by atoms with Crippen LogP contribution in [0.3, 0.4) is 0 Å². The number of rotatable bonds is 2. The summed E-state index contributed by atoms with van der Waals surface area (Å²) in [7, 11) is 0. The molecule has 5 nitrogen and oxygen atoms in total. The van der Waals surface area contributed by atoms with Gasteiger partial charge >= 0.3 is 11.9 Å². The first kappa shape index (κ1) is 25.3. The highest BCUT2D eigenvalue weighted by molar-refractivity contribution is 5.87. The van der Waals surface area contributed by atoms with Crippen LogP contribution in [0.1, 0.15) is 73.1 Å². The summed E-state index contributed by atoms with van der Waals surface area (Å²) in [6.45, 7) is 3.44. The van der Waals surface area contributed by atoms with Crippen LogP contribution in [0.15, 0.2) is 60.7 Å². The molecule has 3 N–H and O–H groups in total. The zero-order chi connectivity index (χ0) is 21.2. The fraction of sp³-hybridized carbons (Fsp3) is 0.391. The molecule has 0 unspecified atom stereocenters. The van der Waals surface area contributed by atoms with E-state index in [0.717, 1.165) is 0 Å². The maximum absolute atomic E-state index is 10.2. The van der Waals surface area contributed by atoms with E-state index in [1.165, 1.54) is 38.5 Å². The van der Waals surface area contributed by atoms with Crippen molar-refractivity contribution in [3.05, 3.63) is 71.8 Å². The number of carboxylic acids is 2. The van der Waals surface area contributed by atoms with Crippen molar-refractivity contribution in [2.24, 2.45) is 0 Å². The van der Waals surface area contributed by atoms with E-state index >= 15 is 0 Å². The van der Waals surface area contributed by atoms with Crippen molar-refractivity contribution < 1.29 is 24.9 Å². The van der Waals surface area contributed by atoms with Gasteiger partial charge in [0.25, 0.3) is 0 Å². The minimum Gasteiger partial charge on any atom is -0.478 e. The van der Waals surface area contributed by atoms with E-state index in [1.54, 1.807) is 74.5 Å². The molecule has 154 valence electrons. The summed E-state index contributed by atoms with van der Waals surface area (Å²) in [5.41, 5.74) is 0.662. The third-order valence-corrected chi connectivity index (χ3v) is 3.54. The largest absolute Gasteiger partial charge is 0.478 e. The molecule has 2 aromatic rings. The zero-order valence-electron chi connectivity index (χ0n) is 16.8. The van der Waals surface area contributed by atoms with Crippen molar-refractivity contribution in [3.8, 4) is 0 Å². The number of carbonyl (C=O) groups is 2. The van der Waals surface area contributed by atoms with Gasteiger partial charge in [-0.05, 0) is 38.1 Å². The normalized spacial score (nSPS) is 12.1. The first-order chi connectivity index (χ1) is 13.3. The molecular formula is C23H32O5. The SMILES string of the molecule is C1CCCCC1.CC(C)O.O=C(O)c1ccccc1.O=C(O)c1ccccc1. The van der Waals surface area contributed by atoms with Gasteiger partial charge < -0.3 is 15.3 Å². The number of aliphatic hydroxyl groups excluding tert-OH is 1. The van der Waals surface area contributed by atoms with Crippen LogP contribution in [-0.2, 0) is 0 Å². The van der Waals surface area contributed by atoms with E-state index < -0.39 is 11.9 Å². The lowest BCUT2D eigenvalue weighted by molar-refractivity contribution is 0.0686. The van der Waals surface area contributed by atoms with Crippen molar-refractivity contribution in [2.45, 2.75) is 58.5 Å². The Bertz CT molecular complexity index is 571. The van der Waals surface area contributed by atoms with Gasteiger partial charge in [-0.25, -0.2) is 9.59 Å². The fourth-order valence-electron chi connectivity index (χ4n) is 2.22. The molecule has 1 saturated carbocycles. The number of hydrogen-bond acceptors (Lipinski definition) is 3. The molecule has 0 spiro atoms. The molecule has 1 aliphatic carbocycles. The van der Waals surface area contributed by atoms with Crippen LogP contribution in [0.25, 0.3) is 0 Å². The first-order valence-corrected chi connectivity index (χ1v) is 9.59. The topological polar surface area (TPSA) is 94.8 Å². The van der Waals surface area contributed by atoms with E-state index in [0.29, 0.717) is 11.1 Å². The molecule has 0 atom stereocenters. The highest BCUT2D eigenvalue weighted by Crippen LogP contribution is 2.15. The quantitative estimate of drug-likeness (QED) is 0.632. The first-order valence-electron chi connectivity index (χ1n) is 9.59. The average Bonchev–Trinajstić information content (AvgIpc) is 2.71. The van der Waals surface area contributed by atoms with E-state index in [-0.39, 0.29) is 6.10 Å². The summed E-state index contributed by atoms with van der Waals surface area (Å²) in [6.07, 6.45) is 8.83. The molecule has 0 aliphatic heterocycles. The van der Waals surface area contributed by atoms with Crippen molar-refractivity contribution in [2.75, 3.05) is 0 Å². The minimum absolute atomic E-state index is 0.167. The van der Waals surface area contributed by atoms with Crippen LogP contribution in [0.2, 0.25) is 0 Å². The number of benzene rings is 2. The lowest BCUT2D eigenvalue weighted by atomic mass is 10.0. The van der Waals surface area contributed by atoms with Crippen molar-refractivity contribution in [1.29, 1.82) is 0 Å². The molecule has 0 bridgehead atoms. The number of aliphatic hydroxyl groups is 1. The van der Waals surface area contributed by atoms with Gasteiger partial charge in [-0.3, -0.25) is 0 Å². The highest BCUT2D eigenvalue weighted by Gasteiger charge is 1.97. The number of aromatic carboxylic acids is 2. The average molecular weight is 389 g/mol. The Morgan fingerprint density at radius 2 is 0.857 bits per heavy atom. The van der Waals surface area contributed by atoms with Crippen LogP contribution in [0.5, 0.6) is 0 Å². The number of carboxylic acid groups (broad SMARTS) is 2. The third kappa shape index (κ3) is 15.6. The second-order valence-electron chi connectivity index (χ2n) is 6.56. The Morgan fingerprint density at radius 3 is 1.00 bits per heavy atom. The van der Waals surface area contributed by atoms with Gasteiger partial charge in [0, 0.05) is 6.10 Å². The summed E-state index contributed by atoms with van der Waals surface area (Å²) < 4.78 is 0. The standard InChI is InChI=1S/2C7H6O2.C6H12.C3H8O/c2*8-7(9)6-4-2-1-3-5-6;1-2-4-6-5-3-1;1-3(2)4/h2*1-5H,(H,8,9);1-6H2;3-4H,1-2H3. The van der Waals surface area contributed by atoms with Gasteiger partial charge in [-0.2, -0.15) is 0 Å². The van der Waals surface area contributed by atoms with Crippen molar-refractivity contribution in [3.63, 3.8) is 0 Å². The fourth-order valence-corrected chi connectivity index (χ4v) is 2.22. The Hall–Kier alpha value is -2.66. The van der Waals surface area contributed by atoms with Crippen LogP contribution in [0, 0.1) is 0 Å². The predicted molar refractivity (Wildman–Crippen MR) is 112 cm³/mol. The Balaban J connectivity index is 0.000000363. The second-order valence-corrected chi connectivity index (χ2v) is 6.56. The van der Waals surface area contributed by atoms with Crippen molar-refractivity contribution >= 4 is 11.9 Å². The predicted octanol–water partition coefficient (Wildman–Crippen LogP) is 5.50. The maximum atomic E-state index is 10.2. The molecule has 3 rings (SSSR count). The zero-order valence-corrected chi connectivity index (χ0v) is 16.8. The van der Waals surface area contributed by atoms with E-state index in [2.05, 4.69) is 0 Å². The molecular weight excluding hydrogens is 356 g/mol. The molecule has 0 amide bonds. The lowest BCUT2D eigenvalue weighted by Gasteiger charge is -2.05. The van der Waals surface area contributed by atoms with Gasteiger partial charge in [0.2, 0.25) is 0 Å². The van der Waals surface area contributed by atoms with E-state index in [4.69, 9.17) is 15.3 Å². The van der Waals surface area contributed by atoms with E-state index in [9.17, 15) is 9.59 Å². The van der Waals surface area contributed by atoms with Crippen LogP contribution >= 0.6 is 0 Å². The van der Waals surface area contributed by atoms with E-state index in [1.807, 2.05) is 0 Å². The van der Waals surface area contributed by atoms with Gasteiger partial charge in [0.05, 0.1) is 11.1 Å². The highest BCUT2D eigenvalue weighted by atomic mass is 16.4. The lowest BCUT2D eigenvalue weighted by Crippen LogP contribution is -1.93. The van der Waals surface area contributed by atoms with Gasteiger partial charge in [-0.15, -0.1) is 0 Å². The Morgan fingerprint density at radius 1 is 0.643 bits per heavy atom. The van der Waals surface area contributed by atoms with Crippen LogP contribution in [0.4, 0.5) is 0 Å². The van der Waals surface area contributed by atoms with Gasteiger partial charge in [-0.1, -0.05) is 74.9 Å². The van der Waals surface area contributed by atoms with Gasteiger partial charge in [0.15, 0.2) is 0 Å². The summed E-state index contributed by atoms with van der Waals surface area (Å²) in [6, 6.07) is 16.6. The maximum Gasteiger partial charge on any atom is 0.335 e. The summed E-state index contributed by atoms with van der Waals surface area (Å²) >= 11 is 0. The molecule has 0 aromatic heterocycles. The molecule has 1 fully saturated rings. The van der Waals surface area contributed by atoms with Gasteiger partial charge in [0.1, 0.15) is 0 Å². The smallest absolute Gasteiger partial charge is 0.335 e. The Labute approximate surface area is 167 Å². The monoisotopic (exact) mass is 388 g/mol.